The maximum Gasteiger partial charge on any atom is 0.254 e. The summed E-state index contributed by atoms with van der Waals surface area (Å²) in [6.07, 6.45) is 3.95. The van der Waals surface area contributed by atoms with Crippen molar-refractivity contribution < 1.29 is 9.18 Å². The molecule has 1 unspecified atom stereocenters. The largest absolute Gasteiger partial charge is 0.349 e. The molecule has 4 nitrogen and oxygen atoms in total. The van der Waals surface area contributed by atoms with Crippen molar-refractivity contribution >= 4 is 17.2 Å². The monoisotopic (exact) mass is 329 g/mol. The molecule has 0 spiro atoms. The molecule has 3 aromatic rings. The number of thiophene rings is 1. The summed E-state index contributed by atoms with van der Waals surface area (Å²) in [5.41, 5.74) is 1.18. The van der Waals surface area contributed by atoms with Gasteiger partial charge in [0.2, 0.25) is 0 Å². The van der Waals surface area contributed by atoms with Crippen LogP contribution in [0.3, 0.4) is 0 Å². The molecule has 1 aromatic carbocycles. The van der Waals surface area contributed by atoms with Crippen molar-refractivity contribution in [2.24, 2.45) is 0 Å². The van der Waals surface area contributed by atoms with Crippen molar-refractivity contribution in [2.75, 3.05) is 0 Å². The van der Waals surface area contributed by atoms with Gasteiger partial charge in [-0.3, -0.25) is 4.79 Å². The van der Waals surface area contributed by atoms with E-state index in [2.05, 4.69) is 16.5 Å². The molecule has 0 fully saturated rings. The lowest BCUT2D eigenvalue weighted by Gasteiger charge is -2.11. The van der Waals surface area contributed by atoms with Crippen LogP contribution in [0.1, 0.15) is 22.2 Å². The molecule has 0 aliphatic carbocycles. The minimum atomic E-state index is -0.304. The average Bonchev–Trinajstić information content (AvgIpc) is 3.19. The number of aromatic nitrogens is 2. The quantitative estimate of drug-likeness (QED) is 0.779. The molecule has 0 radical (unpaired) electrons. The minimum Gasteiger partial charge on any atom is -0.349 e. The molecule has 0 bridgehead atoms. The molecule has 0 aliphatic rings. The lowest BCUT2D eigenvalue weighted by Crippen LogP contribution is -2.33. The van der Waals surface area contributed by atoms with Crippen molar-refractivity contribution in [1.29, 1.82) is 0 Å². The van der Waals surface area contributed by atoms with E-state index in [1.165, 1.54) is 23.2 Å². The van der Waals surface area contributed by atoms with Gasteiger partial charge in [0.1, 0.15) is 5.82 Å². The first kappa shape index (κ1) is 15.4. The molecule has 2 heterocycles. The molecule has 6 heteroatoms. The molecule has 1 atom stereocenters. The van der Waals surface area contributed by atoms with Gasteiger partial charge in [-0.15, -0.1) is 11.3 Å². The fourth-order valence-corrected chi connectivity index (χ4v) is 3.10. The fourth-order valence-electron chi connectivity index (χ4n) is 2.26. The van der Waals surface area contributed by atoms with Crippen LogP contribution in [0.4, 0.5) is 4.39 Å². The molecule has 3 rings (SSSR count). The first-order valence-electron chi connectivity index (χ1n) is 7.25. The van der Waals surface area contributed by atoms with E-state index in [0.717, 1.165) is 6.42 Å². The van der Waals surface area contributed by atoms with Crippen LogP contribution in [0.25, 0.3) is 5.69 Å². The molecular weight excluding hydrogens is 313 g/mol. The summed E-state index contributed by atoms with van der Waals surface area (Å²) in [6, 6.07) is 10.0. The van der Waals surface area contributed by atoms with Gasteiger partial charge in [0.25, 0.3) is 5.91 Å². The third-order valence-electron chi connectivity index (χ3n) is 3.40. The van der Waals surface area contributed by atoms with Crippen LogP contribution in [0.2, 0.25) is 0 Å². The zero-order chi connectivity index (χ0) is 16.2. The summed E-state index contributed by atoms with van der Waals surface area (Å²) in [5, 5.41) is 9.14. The molecule has 23 heavy (non-hydrogen) atoms. The lowest BCUT2D eigenvalue weighted by atomic mass is 10.2. The van der Waals surface area contributed by atoms with Gasteiger partial charge in [0.05, 0.1) is 17.4 Å². The van der Waals surface area contributed by atoms with Crippen molar-refractivity contribution in [2.45, 2.75) is 19.4 Å². The molecule has 118 valence electrons. The van der Waals surface area contributed by atoms with Crippen molar-refractivity contribution in [3.63, 3.8) is 0 Å². The van der Waals surface area contributed by atoms with Gasteiger partial charge in [0, 0.05) is 23.5 Å². The zero-order valence-electron chi connectivity index (χ0n) is 12.6. The predicted octanol–water partition coefficient (Wildman–Crippen LogP) is 3.43. The Morgan fingerprint density at radius 3 is 2.83 bits per heavy atom. The Kier molecular flexibility index (Phi) is 4.52. The van der Waals surface area contributed by atoms with E-state index in [1.807, 2.05) is 18.4 Å². The average molecular weight is 329 g/mol. The van der Waals surface area contributed by atoms with Crippen LogP contribution in [-0.2, 0) is 6.42 Å². The maximum atomic E-state index is 12.9. The summed E-state index contributed by atoms with van der Waals surface area (Å²) < 4.78 is 14.5. The van der Waals surface area contributed by atoms with E-state index in [0.29, 0.717) is 11.3 Å². The van der Waals surface area contributed by atoms with E-state index in [-0.39, 0.29) is 17.8 Å². The first-order valence-corrected chi connectivity index (χ1v) is 8.13. The Morgan fingerprint density at radius 2 is 2.13 bits per heavy atom. The van der Waals surface area contributed by atoms with Gasteiger partial charge in [-0.25, -0.2) is 9.07 Å². The highest BCUT2D eigenvalue weighted by Gasteiger charge is 2.13. The second kappa shape index (κ2) is 6.75. The highest BCUT2D eigenvalue weighted by atomic mass is 32.1. The maximum absolute atomic E-state index is 12.9. The standard InChI is InChI=1S/C17H16FN3OS/c1-12(9-16-3-2-8-23-16)20-17(22)13-10-19-21(11-13)15-6-4-14(18)5-7-15/h2-8,10-12H,9H2,1H3,(H,20,22). The smallest absolute Gasteiger partial charge is 0.254 e. The van der Waals surface area contributed by atoms with Crippen LogP contribution in [0.15, 0.2) is 54.2 Å². The number of benzene rings is 1. The van der Waals surface area contributed by atoms with Crippen LogP contribution in [0, 0.1) is 5.82 Å². The number of carbonyl (C=O) groups excluding carboxylic acids is 1. The van der Waals surface area contributed by atoms with E-state index >= 15 is 0 Å². The highest BCUT2D eigenvalue weighted by molar-refractivity contribution is 7.09. The number of rotatable bonds is 5. The molecule has 1 amide bonds. The Hall–Kier alpha value is -2.47. The molecular formula is C17H16FN3OS. The van der Waals surface area contributed by atoms with E-state index in [9.17, 15) is 9.18 Å². The van der Waals surface area contributed by atoms with Gasteiger partial charge >= 0.3 is 0 Å². The second-order valence-electron chi connectivity index (χ2n) is 5.31. The number of amides is 1. The van der Waals surface area contributed by atoms with E-state index in [4.69, 9.17) is 0 Å². The van der Waals surface area contributed by atoms with E-state index < -0.39 is 0 Å². The minimum absolute atomic E-state index is 0.0373. The van der Waals surface area contributed by atoms with Crippen LogP contribution in [0.5, 0.6) is 0 Å². The fraction of sp³-hybridized carbons (Fsp3) is 0.176. The third kappa shape index (κ3) is 3.84. The predicted molar refractivity (Wildman–Crippen MR) is 88.5 cm³/mol. The molecule has 2 aromatic heterocycles. The Labute approximate surface area is 137 Å². The van der Waals surface area contributed by atoms with Crippen molar-refractivity contribution in [1.82, 2.24) is 15.1 Å². The summed E-state index contributed by atoms with van der Waals surface area (Å²) in [6.45, 7) is 1.97. The zero-order valence-corrected chi connectivity index (χ0v) is 13.4. The number of carbonyl (C=O) groups is 1. The number of halogens is 1. The SMILES string of the molecule is CC(Cc1cccs1)NC(=O)c1cnn(-c2ccc(F)cc2)c1. The van der Waals surface area contributed by atoms with E-state index in [1.54, 1.807) is 34.3 Å². The lowest BCUT2D eigenvalue weighted by molar-refractivity contribution is 0.0940. The number of nitrogens with zero attached hydrogens (tertiary/aromatic N) is 2. The third-order valence-corrected chi connectivity index (χ3v) is 4.30. The Balaban J connectivity index is 1.65. The van der Waals surface area contributed by atoms with Crippen LogP contribution >= 0.6 is 11.3 Å². The number of nitrogens with one attached hydrogen (secondary N) is 1. The normalized spacial score (nSPS) is 12.1. The van der Waals surface area contributed by atoms with Crippen molar-refractivity contribution in [3.8, 4) is 5.69 Å². The number of hydrogen-bond acceptors (Lipinski definition) is 3. The molecule has 0 saturated carbocycles. The van der Waals surface area contributed by atoms with Crippen LogP contribution in [-0.4, -0.2) is 21.7 Å². The molecule has 1 N–H and O–H groups in total. The summed E-state index contributed by atoms with van der Waals surface area (Å²) in [7, 11) is 0. The first-order chi connectivity index (χ1) is 11.1. The van der Waals surface area contributed by atoms with Crippen molar-refractivity contribution in [3.05, 3.63) is 70.4 Å². The van der Waals surface area contributed by atoms with Gasteiger partial charge in [0.15, 0.2) is 0 Å². The topological polar surface area (TPSA) is 46.9 Å². The van der Waals surface area contributed by atoms with Gasteiger partial charge in [-0.1, -0.05) is 6.07 Å². The highest BCUT2D eigenvalue weighted by Crippen LogP contribution is 2.12. The van der Waals surface area contributed by atoms with Crippen LogP contribution < -0.4 is 5.32 Å². The second-order valence-corrected chi connectivity index (χ2v) is 6.34. The molecule has 0 saturated heterocycles. The van der Waals surface area contributed by atoms with Gasteiger partial charge < -0.3 is 5.32 Å². The summed E-state index contributed by atoms with van der Waals surface area (Å²) in [4.78, 5) is 13.5. The summed E-state index contributed by atoms with van der Waals surface area (Å²) in [5.74, 6) is -0.469. The summed E-state index contributed by atoms with van der Waals surface area (Å²) >= 11 is 1.68. The Morgan fingerprint density at radius 1 is 1.35 bits per heavy atom. The van der Waals surface area contributed by atoms with Gasteiger partial charge in [-0.2, -0.15) is 5.10 Å². The molecule has 0 aliphatic heterocycles. The van der Waals surface area contributed by atoms with Gasteiger partial charge in [-0.05, 0) is 42.6 Å². The Bertz CT molecular complexity index is 781. The number of hydrogen-bond donors (Lipinski definition) is 1.